The number of carbonyl (C=O) groups is 2. The third-order valence-corrected chi connectivity index (χ3v) is 3.46. The van der Waals surface area contributed by atoms with Crippen molar-refractivity contribution in [2.24, 2.45) is 11.8 Å². The summed E-state index contributed by atoms with van der Waals surface area (Å²) < 4.78 is 0. The molecule has 0 saturated heterocycles. The summed E-state index contributed by atoms with van der Waals surface area (Å²) in [6, 6.07) is 0. The lowest BCUT2D eigenvalue weighted by Crippen LogP contribution is -2.32. The van der Waals surface area contributed by atoms with E-state index in [-0.39, 0.29) is 18.4 Å². The first-order chi connectivity index (χ1) is 9.38. The molecule has 1 unspecified atom stereocenters. The molecule has 0 aliphatic rings. The number of nitrogens with zero attached hydrogens (tertiary/aromatic N) is 1. The molecule has 0 aliphatic carbocycles. The lowest BCUT2D eigenvalue weighted by Gasteiger charge is -2.14. The van der Waals surface area contributed by atoms with Crippen LogP contribution in [-0.4, -0.2) is 28.5 Å². The largest absolute Gasteiger partial charge is 0.481 e. The number of aliphatic carboxylic acids is 1. The Kier molecular flexibility index (Phi) is 6.38. The lowest BCUT2D eigenvalue weighted by atomic mass is 9.97. The fourth-order valence-electron chi connectivity index (χ4n) is 1.74. The van der Waals surface area contributed by atoms with E-state index in [2.05, 4.69) is 10.3 Å². The molecule has 1 atom stereocenters. The van der Waals surface area contributed by atoms with Crippen molar-refractivity contribution in [3.63, 3.8) is 0 Å². The number of carboxylic acids is 1. The second-order valence-electron chi connectivity index (χ2n) is 5.03. The highest BCUT2D eigenvalue weighted by Gasteiger charge is 2.19. The van der Waals surface area contributed by atoms with Gasteiger partial charge in [0.25, 0.3) is 0 Å². The monoisotopic (exact) mass is 296 g/mol. The van der Waals surface area contributed by atoms with Crippen LogP contribution in [0.1, 0.15) is 31.0 Å². The minimum Gasteiger partial charge on any atom is -0.481 e. The van der Waals surface area contributed by atoms with Crippen LogP contribution in [0.25, 0.3) is 6.08 Å². The molecule has 1 amide bonds. The number of amides is 1. The first-order valence-corrected chi connectivity index (χ1v) is 7.37. The Morgan fingerprint density at radius 2 is 2.20 bits per heavy atom. The Labute approximate surface area is 122 Å². The quantitative estimate of drug-likeness (QED) is 0.757. The van der Waals surface area contributed by atoms with Gasteiger partial charge in [0, 0.05) is 18.0 Å². The van der Waals surface area contributed by atoms with E-state index in [4.69, 9.17) is 5.11 Å². The van der Waals surface area contributed by atoms with E-state index in [1.807, 2.05) is 26.2 Å². The molecule has 110 valence electrons. The molecule has 1 aromatic rings. The summed E-state index contributed by atoms with van der Waals surface area (Å²) in [6.07, 6.45) is 3.55. The number of hydrogen-bond acceptors (Lipinski definition) is 4. The smallest absolute Gasteiger partial charge is 0.308 e. The van der Waals surface area contributed by atoms with E-state index in [1.54, 1.807) is 6.08 Å². The van der Waals surface area contributed by atoms with Gasteiger partial charge in [0.2, 0.25) is 5.91 Å². The van der Waals surface area contributed by atoms with Crippen molar-refractivity contribution >= 4 is 29.3 Å². The van der Waals surface area contributed by atoms with Gasteiger partial charge in [-0.2, -0.15) is 0 Å². The van der Waals surface area contributed by atoms with Crippen LogP contribution in [0.4, 0.5) is 0 Å². The number of hydrogen-bond donors (Lipinski definition) is 2. The van der Waals surface area contributed by atoms with Crippen molar-refractivity contribution < 1.29 is 14.7 Å². The topological polar surface area (TPSA) is 79.3 Å². The van der Waals surface area contributed by atoms with Gasteiger partial charge in [0.05, 0.1) is 16.6 Å². The van der Waals surface area contributed by atoms with E-state index in [0.717, 1.165) is 10.7 Å². The molecular weight excluding hydrogens is 276 g/mol. The van der Waals surface area contributed by atoms with Gasteiger partial charge in [0.15, 0.2) is 0 Å². The van der Waals surface area contributed by atoms with E-state index in [0.29, 0.717) is 6.42 Å². The summed E-state index contributed by atoms with van der Waals surface area (Å²) in [5, 5.41) is 14.5. The molecule has 0 saturated carbocycles. The minimum absolute atomic E-state index is 0.146. The second kappa shape index (κ2) is 7.79. The summed E-state index contributed by atoms with van der Waals surface area (Å²) in [5.74, 6) is -1.45. The van der Waals surface area contributed by atoms with Gasteiger partial charge >= 0.3 is 5.97 Å². The molecule has 0 aromatic carbocycles. The number of carbonyl (C=O) groups excluding carboxylic acids is 1. The molecule has 6 heteroatoms. The summed E-state index contributed by atoms with van der Waals surface area (Å²) in [7, 11) is 0. The van der Waals surface area contributed by atoms with Crippen LogP contribution in [0.3, 0.4) is 0 Å². The Balaban J connectivity index is 2.45. The molecular formula is C14H20N2O3S. The van der Waals surface area contributed by atoms with Crippen molar-refractivity contribution in [3.8, 4) is 0 Å². The summed E-state index contributed by atoms with van der Waals surface area (Å²) in [6.45, 7) is 5.96. The van der Waals surface area contributed by atoms with Gasteiger partial charge < -0.3 is 10.4 Å². The average Bonchev–Trinajstić information content (AvgIpc) is 2.77. The Morgan fingerprint density at radius 3 is 2.70 bits per heavy atom. The van der Waals surface area contributed by atoms with Crippen LogP contribution in [0, 0.1) is 18.8 Å². The van der Waals surface area contributed by atoms with Crippen LogP contribution in [0.15, 0.2) is 11.5 Å². The second-order valence-corrected chi connectivity index (χ2v) is 6.10. The molecule has 5 nitrogen and oxygen atoms in total. The van der Waals surface area contributed by atoms with Crippen molar-refractivity contribution in [1.29, 1.82) is 0 Å². The Hall–Kier alpha value is -1.69. The van der Waals surface area contributed by atoms with Gasteiger partial charge in [-0.25, -0.2) is 4.98 Å². The molecule has 20 heavy (non-hydrogen) atoms. The van der Waals surface area contributed by atoms with Gasteiger partial charge in [-0.1, -0.05) is 13.8 Å². The number of thiazole rings is 1. The number of aromatic nitrogens is 1. The molecule has 2 N–H and O–H groups in total. The van der Waals surface area contributed by atoms with Crippen molar-refractivity contribution in [2.75, 3.05) is 6.54 Å². The van der Waals surface area contributed by atoms with Gasteiger partial charge in [-0.3, -0.25) is 9.59 Å². The number of nitrogens with one attached hydrogen (secondary N) is 1. The van der Waals surface area contributed by atoms with E-state index < -0.39 is 11.9 Å². The van der Waals surface area contributed by atoms with E-state index >= 15 is 0 Å². The summed E-state index contributed by atoms with van der Waals surface area (Å²) >= 11 is 1.51. The maximum absolute atomic E-state index is 11.6. The van der Waals surface area contributed by atoms with Crippen molar-refractivity contribution in [3.05, 3.63) is 22.2 Å². The maximum atomic E-state index is 11.6. The van der Waals surface area contributed by atoms with Gasteiger partial charge in [-0.15, -0.1) is 11.3 Å². The molecule has 0 aliphatic heterocycles. The average molecular weight is 296 g/mol. The van der Waals surface area contributed by atoms with Crippen molar-refractivity contribution in [2.45, 2.75) is 27.2 Å². The first-order valence-electron chi connectivity index (χ1n) is 6.49. The predicted octanol–water partition coefficient (Wildman–Crippen LogP) is 2.33. The SMILES string of the molecule is Cc1nc(/C=C/C(=O)NCC(CC(C)C)C(=O)O)cs1. The van der Waals surface area contributed by atoms with E-state index in [9.17, 15) is 9.59 Å². The third-order valence-electron chi connectivity index (χ3n) is 2.67. The lowest BCUT2D eigenvalue weighted by molar-refractivity contribution is -0.142. The Bertz CT molecular complexity index is 494. The van der Waals surface area contributed by atoms with Crippen LogP contribution < -0.4 is 5.32 Å². The summed E-state index contributed by atoms with van der Waals surface area (Å²) in [4.78, 5) is 26.9. The van der Waals surface area contributed by atoms with E-state index in [1.165, 1.54) is 17.4 Å². The van der Waals surface area contributed by atoms with Crippen LogP contribution in [-0.2, 0) is 9.59 Å². The fraction of sp³-hybridized carbons (Fsp3) is 0.500. The zero-order valence-electron chi connectivity index (χ0n) is 11.9. The molecule has 1 aromatic heterocycles. The first kappa shape index (κ1) is 16.4. The molecule has 1 rings (SSSR count). The molecule has 0 bridgehead atoms. The predicted molar refractivity (Wildman–Crippen MR) is 79.5 cm³/mol. The number of aryl methyl sites for hydroxylation is 1. The molecule has 0 fully saturated rings. The van der Waals surface area contributed by atoms with Gasteiger partial charge in [-0.05, 0) is 25.3 Å². The molecule has 1 heterocycles. The number of carboxylic acid groups (broad SMARTS) is 1. The maximum Gasteiger partial charge on any atom is 0.308 e. The van der Waals surface area contributed by atoms with Crippen LogP contribution in [0.5, 0.6) is 0 Å². The Morgan fingerprint density at radius 1 is 1.50 bits per heavy atom. The minimum atomic E-state index is -0.877. The molecule has 0 radical (unpaired) electrons. The third kappa shape index (κ3) is 5.97. The normalized spacial score (nSPS) is 12.8. The highest BCUT2D eigenvalue weighted by atomic mass is 32.1. The zero-order valence-corrected chi connectivity index (χ0v) is 12.7. The highest BCUT2D eigenvalue weighted by Crippen LogP contribution is 2.11. The highest BCUT2D eigenvalue weighted by molar-refractivity contribution is 7.09. The molecule has 0 spiro atoms. The number of rotatable bonds is 7. The van der Waals surface area contributed by atoms with Crippen LogP contribution in [0.2, 0.25) is 0 Å². The standard InChI is InChI=1S/C14H20N2O3S/c1-9(2)6-11(14(18)19)7-15-13(17)5-4-12-8-20-10(3)16-12/h4-5,8-9,11H,6-7H2,1-3H3,(H,15,17)(H,18,19)/b5-4+. The van der Waals surface area contributed by atoms with Crippen molar-refractivity contribution in [1.82, 2.24) is 10.3 Å². The summed E-state index contributed by atoms with van der Waals surface area (Å²) in [5.41, 5.74) is 0.736. The van der Waals surface area contributed by atoms with Gasteiger partial charge in [0.1, 0.15) is 0 Å². The fourth-order valence-corrected chi connectivity index (χ4v) is 2.32. The zero-order chi connectivity index (χ0) is 15.1. The van der Waals surface area contributed by atoms with Crippen LogP contribution >= 0.6 is 11.3 Å².